The summed E-state index contributed by atoms with van der Waals surface area (Å²) in [5.41, 5.74) is 5.60. The van der Waals surface area contributed by atoms with Gasteiger partial charge >= 0.3 is 0 Å². The fourth-order valence-corrected chi connectivity index (χ4v) is 2.43. The average molecular weight is 217 g/mol. The van der Waals surface area contributed by atoms with E-state index in [4.69, 9.17) is 10.8 Å². The highest BCUT2D eigenvalue weighted by Gasteiger charge is 2.27. The van der Waals surface area contributed by atoms with Crippen LogP contribution in [0, 0.1) is 11.8 Å². The van der Waals surface area contributed by atoms with Gasteiger partial charge in [-0.15, -0.1) is 0 Å². The highest BCUT2D eigenvalue weighted by atomic mass is 19.1. The molecule has 0 bridgehead atoms. The Morgan fingerprint density at radius 2 is 2.20 bits per heavy atom. The molecule has 0 aromatic carbocycles. The van der Waals surface area contributed by atoms with Crippen molar-refractivity contribution in [1.82, 2.24) is 0 Å². The summed E-state index contributed by atoms with van der Waals surface area (Å²) >= 11 is 0. The van der Waals surface area contributed by atoms with Crippen LogP contribution in [-0.4, -0.2) is 23.9 Å². The van der Waals surface area contributed by atoms with Crippen LogP contribution >= 0.6 is 0 Å². The minimum absolute atomic E-state index is 0.0424. The van der Waals surface area contributed by atoms with Crippen molar-refractivity contribution >= 4 is 0 Å². The van der Waals surface area contributed by atoms with Gasteiger partial charge in [-0.1, -0.05) is 19.8 Å². The number of rotatable bonds is 5. The molecule has 1 aliphatic rings. The first kappa shape index (κ1) is 12.9. The Morgan fingerprint density at radius 3 is 2.80 bits per heavy atom. The van der Waals surface area contributed by atoms with Crippen LogP contribution in [0.1, 0.15) is 45.4 Å². The van der Waals surface area contributed by atoms with Crippen molar-refractivity contribution < 1.29 is 9.50 Å². The van der Waals surface area contributed by atoms with E-state index in [-0.39, 0.29) is 18.6 Å². The second-order valence-corrected chi connectivity index (χ2v) is 5.07. The van der Waals surface area contributed by atoms with Crippen molar-refractivity contribution in [1.29, 1.82) is 0 Å². The Bertz CT molecular complexity index is 177. The zero-order valence-electron chi connectivity index (χ0n) is 9.66. The molecule has 0 aromatic heterocycles. The average Bonchev–Trinajstić information content (AvgIpc) is 2.21. The van der Waals surface area contributed by atoms with Crippen LogP contribution in [0.4, 0.5) is 4.39 Å². The van der Waals surface area contributed by atoms with Crippen molar-refractivity contribution in [3.63, 3.8) is 0 Å². The molecule has 2 nitrogen and oxygen atoms in total. The van der Waals surface area contributed by atoms with Crippen LogP contribution in [-0.2, 0) is 0 Å². The molecule has 1 saturated carbocycles. The summed E-state index contributed by atoms with van der Waals surface area (Å²) in [7, 11) is 0. The topological polar surface area (TPSA) is 46.2 Å². The smallest absolute Gasteiger partial charge is 0.103 e. The van der Waals surface area contributed by atoms with Gasteiger partial charge in [0.2, 0.25) is 0 Å². The monoisotopic (exact) mass is 217 g/mol. The molecule has 1 rings (SSSR count). The van der Waals surface area contributed by atoms with E-state index in [9.17, 15) is 4.39 Å². The zero-order chi connectivity index (χ0) is 11.3. The highest BCUT2D eigenvalue weighted by molar-refractivity contribution is 4.78. The molecule has 0 radical (unpaired) electrons. The lowest BCUT2D eigenvalue weighted by atomic mass is 9.79. The first-order chi connectivity index (χ1) is 7.13. The molecular weight excluding hydrogens is 193 g/mol. The predicted octanol–water partition coefficient (Wildman–Crippen LogP) is 2.25. The number of aliphatic hydroxyl groups is 1. The first-order valence-corrected chi connectivity index (χ1v) is 6.14. The van der Waals surface area contributed by atoms with Crippen LogP contribution in [0.15, 0.2) is 0 Å². The van der Waals surface area contributed by atoms with Crippen molar-refractivity contribution in [2.75, 3.05) is 6.61 Å². The number of halogens is 1. The molecule has 1 fully saturated rings. The minimum atomic E-state index is -0.612. The second kappa shape index (κ2) is 6.44. The van der Waals surface area contributed by atoms with E-state index in [2.05, 4.69) is 6.92 Å². The van der Waals surface area contributed by atoms with E-state index < -0.39 is 6.17 Å². The summed E-state index contributed by atoms with van der Waals surface area (Å²) in [6.07, 6.45) is 5.00. The molecule has 3 N–H and O–H groups in total. The molecule has 0 aliphatic heterocycles. The van der Waals surface area contributed by atoms with Gasteiger partial charge in [0.25, 0.3) is 0 Å². The van der Waals surface area contributed by atoms with Crippen LogP contribution in [0.2, 0.25) is 0 Å². The van der Waals surface area contributed by atoms with Crippen LogP contribution in [0.3, 0.4) is 0 Å². The predicted molar refractivity (Wildman–Crippen MR) is 60.3 cm³/mol. The molecule has 4 atom stereocenters. The lowest BCUT2D eigenvalue weighted by molar-refractivity contribution is 0.123. The first-order valence-electron chi connectivity index (χ1n) is 6.14. The maximum Gasteiger partial charge on any atom is 0.103 e. The van der Waals surface area contributed by atoms with Gasteiger partial charge in [-0.05, 0) is 37.5 Å². The normalized spacial score (nSPS) is 34.0. The molecule has 1 aliphatic carbocycles. The van der Waals surface area contributed by atoms with Crippen molar-refractivity contribution in [3.05, 3.63) is 0 Å². The lowest BCUT2D eigenvalue weighted by Gasteiger charge is -2.30. The van der Waals surface area contributed by atoms with Crippen molar-refractivity contribution in [2.24, 2.45) is 17.6 Å². The molecule has 0 aromatic rings. The number of alkyl halides is 1. The minimum Gasteiger partial charge on any atom is -0.395 e. The van der Waals surface area contributed by atoms with Gasteiger partial charge in [0.05, 0.1) is 6.61 Å². The third-order valence-corrected chi connectivity index (χ3v) is 3.55. The van der Waals surface area contributed by atoms with Gasteiger partial charge < -0.3 is 10.8 Å². The summed E-state index contributed by atoms with van der Waals surface area (Å²) < 4.78 is 13.6. The van der Waals surface area contributed by atoms with E-state index in [0.717, 1.165) is 38.5 Å². The third-order valence-electron chi connectivity index (χ3n) is 3.55. The Morgan fingerprint density at radius 1 is 1.47 bits per heavy atom. The number of hydrogen-bond donors (Lipinski definition) is 2. The Balaban J connectivity index is 2.15. The Hall–Kier alpha value is -0.150. The molecule has 0 amide bonds. The van der Waals surface area contributed by atoms with Crippen LogP contribution < -0.4 is 5.73 Å². The second-order valence-electron chi connectivity index (χ2n) is 5.07. The number of aliphatic hydroxyl groups excluding tert-OH is 1. The number of hydrogen-bond acceptors (Lipinski definition) is 2. The zero-order valence-corrected chi connectivity index (χ0v) is 9.66. The molecule has 0 spiro atoms. The molecule has 0 heterocycles. The van der Waals surface area contributed by atoms with Crippen molar-refractivity contribution in [3.8, 4) is 0 Å². The van der Waals surface area contributed by atoms with Gasteiger partial charge in [-0.2, -0.15) is 0 Å². The van der Waals surface area contributed by atoms with Gasteiger partial charge in [0.15, 0.2) is 0 Å². The summed E-state index contributed by atoms with van der Waals surface area (Å²) in [4.78, 5) is 0. The van der Waals surface area contributed by atoms with Crippen LogP contribution in [0.5, 0.6) is 0 Å². The maximum atomic E-state index is 13.6. The summed E-state index contributed by atoms with van der Waals surface area (Å²) in [5, 5.41) is 8.76. The van der Waals surface area contributed by atoms with Gasteiger partial charge in [0, 0.05) is 6.04 Å². The molecule has 90 valence electrons. The SMILES string of the molecule is CC1CCC(CCCC(N)CO)C(F)C1. The molecule has 0 saturated heterocycles. The fraction of sp³-hybridized carbons (Fsp3) is 1.00. The summed E-state index contributed by atoms with van der Waals surface area (Å²) in [5.74, 6) is 0.794. The van der Waals surface area contributed by atoms with E-state index in [1.165, 1.54) is 0 Å². The van der Waals surface area contributed by atoms with Crippen LogP contribution in [0.25, 0.3) is 0 Å². The molecule has 4 unspecified atom stereocenters. The molecular formula is C12H24FNO. The Kier molecular flexibility index (Phi) is 5.54. The molecule has 15 heavy (non-hydrogen) atoms. The lowest BCUT2D eigenvalue weighted by Crippen LogP contribution is -2.27. The summed E-state index contributed by atoms with van der Waals surface area (Å²) in [6.45, 7) is 2.17. The Labute approximate surface area is 92.0 Å². The largest absolute Gasteiger partial charge is 0.395 e. The van der Waals surface area contributed by atoms with E-state index in [1.807, 2.05) is 0 Å². The van der Waals surface area contributed by atoms with E-state index >= 15 is 0 Å². The highest BCUT2D eigenvalue weighted by Crippen LogP contribution is 2.33. The van der Waals surface area contributed by atoms with E-state index in [1.54, 1.807) is 0 Å². The van der Waals surface area contributed by atoms with Gasteiger partial charge in [-0.25, -0.2) is 4.39 Å². The number of nitrogens with two attached hydrogens (primary N) is 1. The molecule has 3 heteroatoms. The standard InChI is InChI=1S/C12H24FNO/c1-9-5-6-10(12(13)7-9)3-2-4-11(14)8-15/h9-12,15H,2-8,14H2,1H3. The van der Waals surface area contributed by atoms with E-state index in [0.29, 0.717) is 5.92 Å². The maximum absolute atomic E-state index is 13.6. The van der Waals surface area contributed by atoms with Crippen molar-refractivity contribution in [2.45, 2.75) is 57.7 Å². The fourth-order valence-electron chi connectivity index (χ4n) is 2.43. The summed E-state index contributed by atoms with van der Waals surface area (Å²) in [6, 6.07) is -0.120. The van der Waals surface area contributed by atoms with Gasteiger partial charge in [-0.3, -0.25) is 0 Å². The van der Waals surface area contributed by atoms with Gasteiger partial charge in [0.1, 0.15) is 6.17 Å². The third kappa shape index (κ3) is 4.47. The quantitative estimate of drug-likeness (QED) is 0.742.